The van der Waals surface area contributed by atoms with Crippen LogP contribution in [-0.2, 0) is 14.4 Å². The van der Waals surface area contributed by atoms with Gasteiger partial charge in [-0.05, 0) is 42.5 Å². The number of alkyl halides is 2. The molecule has 0 unspecified atom stereocenters. The first-order chi connectivity index (χ1) is 11.4. The van der Waals surface area contributed by atoms with Crippen LogP contribution in [0.1, 0.15) is 13.3 Å². The van der Waals surface area contributed by atoms with Crippen LogP contribution in [-0.4, -0.2) is 27.4 Å². The van der Waals surface area contributed by atoms with E-state index >= 15 is 0 Å². The van der Waals surface area contributed by atoms with E-state index in [0.29, 0.717) is 11.4 Å². The molecule has 1 aliphatic heterocycles. The Kier molecular flexibility index (Phi) is 3.84. The van der Waals surface area contributed by atoms with Crippen molar-refractivity contribution in [1.82, 2.24) is 0 Å². The third-order valence-corrected chi connectivity index (χ3v) is 8.64. The van der Waals surface area contributed by atoms with E-state index in [4.69, 9.17) is 0 Å². The van der Waals surface area contributed by atoms with Crippen molar-refractivity contribution in [1.29, 1.82) is 0 Å². The fraction of sp³-hybridized carbons (Fsp3) is 0.471. The number of nitrogens with one attached hydrogen (secondary N) is 1. The fourth-order valence-electron chi connectivity index (χ4n) is 4.50. The van der Waals surface area contributed by atoms with E-state index < -0.39 is 0 Å². The summed E-state index contributed by atoms with van der Waals surface area (Å²) in [7, 11) is 0. The molecule has 1 heterocycles. The first-order valence-electron chi connectivity index (χ1n) is 7.93. The zero-order chi connectivity index (χ0) is 17.2. The summed E-state index contributed by atoms with van der Waals surface area (Å²) in [6.07, 6.45) is 0.925. The molecule has 1 aromatic rings. The van der Waals surface area contributed by atoms with Crippen LogP contribution in [0, 0.1) is 23.7 Å². The van der Waals surface area contributed by atoms with E-state index in [1.165, 1.54) is 11.8 Å². The maximum absolute atomic E-state index is 12.9. The number of anilines is 2. The molecule has 7 heteroatoms. The molecule has 6 atom stereocenters. The van der Waals surface area contributed by atoms with Gasteiger partial charge in [-0.2, -0.15) is 0 Å². The number of halogens is 2. The summed E-state index contributed by atoms with van der Waals surface area (Å²) in [5.41, 5.74) is 1.22. The molecule has 1 aromatic carbocycles. The lowest BCUT2D eigenvalue weighted by Crippen LogP contribution is -2.37. The lowest BCUT2D eigenvalue weighted by molar-refractivity contribution is -0.123. The van der Waals surface area contributed by atoms with Crippen molar-refractivity contribution in [2.45, 2.75) is 23.0 Å². The van der Waals surface area contributed by atoms with Crippen molar-refractivity contribution >= 4 is 61.0 Å². The zero-order valence-corrected chi connectivity index (χ0v) is 16.1. The standard InChI is InChI=1S/C17H16Br2N2O3/c1-7(22)20-8-2-4-9(5-3-8)21-16(23)12-10-6-11(13(12)17(21)24)15(19)14(10)18/h2-5,10-15H,6H2,1H3,(H,20,22)/t10-,11+,12-,13+,14+,15-. The van der Waals surface area contributed by atoms with Gasteiger partial charge < -0.3 is 5.32 Å². The van der Waals surface area contributed by atoms with Gasteiger partial charge >= 0.3 is 0 Å². The first kappa shape index (κ1) is 16.3. The number of carbonyl (C=O) groups excluding carboxylic acids is 3. The summed E-state index contributed by atoms with van der Waals surface area (Å²) < 4.78 is 0. The molecule has 0 radical (unpaired) electrons. The second-order valence-electron chi connectivity index (χ2n) is 6.74. The summed E-state index contributed by atoms with van der Waals surface area (Å²) in [5.74, 6) is -0.337. The van der Waals surface area contributed by atoms with Crippen LogP contribution >= 0.6 is 31.9 Å². The number of rotatable bonds is 2. The van der Waals surface area contributed by atoms with Crippen LogP contribution in [0.5, 0.6) is 0 Å². The summed E-state index contributed by atoms with van der Waals surface area (Å²) in [6, 6.07) is 6.84. The Morgan fingerprint density at radius 3 is 2.00 bits per heavy atom. The van der Waals surface area contributed by atoms with Gasteiger partial charge in [0.15, 0.2) is 0 Å². The number of hydrogen-bond acceptors (Lipinski definition) is 3. The Bertz CT molecular complexity index is 704. The highest BCUT2D eigenvalue weighted by Crippen LogP contribution is 2.60. The van der Waals surface area contributed by atoms with Crippen LogP contribution in [0.2, 0.25) is 0 Å². The predicted octanol–water partition coefficient (Wildman–Crippen LogP) is 2.93. The third-order valence-electron chi connectivity index (χ3n) is 5.43. The fourth-order valence-corrected chi connectivity index (χ4v) is 6.37. The monoisotopic (exact) mass is 454 g/mol. The highest BCUT2D eigenvalue weighted by Gasteiger charge is 2.66. The van der Waals surface area contributed by atoms with Gasteiger partial charge in [0.05, 0.1) is 17.5 Å². The molecule has 1 saturated heterocycles. The van der Waals surface area contributed by atoms with Crippen molar-refractivity contribution in [3.05, 3.63) is 24.3 Å². The van der Waals surface area contributed by atoms with Crippen molar-refractivity contribution in [2.24, 2.45) is 23.7 Å². The molecular weight excluding hydrogens is 440 g/mol. The van der Waals surface area contributed by atoms with Gasteiger partial charge in [-0.3, -0.25) is 19.3 Å². The molecule has 24 heavy (non-hydrogen) atoms. The lowest BCUT2D eigenvalue weighted by atomic mass is 9.81. The maximum atomic E-state index is 12.9. The van der Waals surface area contributed by atoms with Crippen molar-refractivity contribution in [3.63, 3.8) is 0 Å². The van der Waals surface area contributed by atoms with Crippen molar-refractivity contribution < 1.29 is 14.4 Å². The van der Waals surface area contributed by atoms with E-state index in [-0.39, 0.29) is 51.0 Å². The van der Waals surface area contributed by atoms with Crippen molar-refractivity contribution in [3.8, 4) is 0 Å². The van der Waals surface area contributed by atoms with E-state index in [0.717, 1.165) is 6.42 Å². The van der Waals surface area contributed by atoms with Crippen LogP contribution < -0.4 is 10.2 Å². The largest absolute Gasteiger partial charge is 0.326 e. The highest BCUT2D eigenvalue weighted by atomic mass is 79.9. The van der Waals surface area contributed by atoms with Crippen molar-refractivity contribution in [2.75, 3.05) is 10.2 Å². The van der Waals surface area contributed by atoms with Crippen LogP contribution in [0.15, 0.2) is 24.3 Å². The molecule has 2 bridgehead atoms. The molecule has 3 fully saturated rings. The number of fused-ring (bicyclic) bond motifs is 5. The topological polar surface area (TPSA) is 66.5 Å². The Balaban J connectivity index is 1.63. The number of imide groups is 1. The molecule has 3 aliphatic rings. The number of amides is 3. The molecule has 1 N–H and O–H groups in total. The summed E-state index contributed by atoms with van der Waals surface area (Å²) in [5, 5.41) is 2.68. The minimum Gasteiger partial charge on any atom is -0.326 e. The smallest absolute Gasteiger partial charge is 0.238 e. The van der Waals surface area contributed by atoms with Crippen LogP contribution in [0.25, 0.3) is 0 Å². The second kappa shape index (κ2) is 5.66. The molecular formula is C17H16Br2N2O3. The Hall–Kier alpha value is -1.21. The van der Waals surface area contributed by atoms with Gasteiger partial charge in [-0.15, -0.1) is 0 Å². The summed E-state index contributed by atoms with van der Waals surface area (Å²) in [6.45, 7) is 1.44. The quantitative estimate of drug-likeness (QED) is 0.550. The average molecular weight is 456 g/mol. The van der Waals surface area contributed by atoms with Gasteiger partial charge in [0.1, 0.15) is 0 Å². The molecule has 2 saturated carbocycles. The SMILES string of the molecule is CC(=O)Nc1ccc(N2C(=O)[C@@H]3[C@H]4C[C@H]([C@@H](Br)[C@H]4Br)[C@@H]3C2=O)cc1. The van der Waals surface area contributed by atoms with E-state index in [2.05, 4.69) is 37.2 Å². The molecule has 3 amide bonds. The zero-order valence-electron chi connectivity index (χ0n) is 12.9. The normalized spacial score (nSPS) is 37.0. The minimum atomic E-state index is -0.212. The number of benzene rings is 1. The predicted molar refractivity (Wildman–Crippen MR) is 97.2 cm³/mol. The molecule has 0 aromatic heterocycles. The van der Waals surface area contributed by atoms with E-state index in [1.54, 1.807) is 24.3 Å². The summed E-state index contributed by atoms with van der Waals surface area (Å²) in [4.78, 5) is 38.7. The number of carbonyl (C=O) groups is 3. The van der Waals surface area contributed by atoms with E-state index in [9.17, 15) is 14.4 Å². The number of hydrogen-bond donors (Lipinski definition) is 1. The Labute approximate surface area is 156 Å². The van der Waals surface area contributed by atoms with E-state index in [1.807, 2.05) is 0 Å². The minimum absolute atomic E-state index is 0.0892. The molecule has 5 nitrogen and oxygen atoms in total. The van der Waals surface area contributed by atoms with Crippen LogP contribution in [0.3, 0.4) is 0 Å². The van der Waals surface area contributed by atoms with Gasteiger partial charge in [0.25, 0.3) is 0 Å². The second-order valence-corrected chi connectivity index (χ2v) is 8.86. The molecule has 0 spiro atoms. The maximum Gasteiger partial charge on any atom is 0.238 e. The Morgan fingerprint density at radius 1 is 1.04 bits per heavy atom. The van der Waals surface area contributed by atoms with Gasteiger partial charge in [-0.1, -0.05) is 31.9 Å². The molecule has 2 aliphatic carbocycles. The third kappa shape index (κ3) is 2.20. The van der Waals surface area contributed by atoms with Crippen LogP contribution in [0.4, 0.5) is 11.4 Å². The van der Waals surface area contributed by atoms with Gasteiger partial charge in [-0.25, -0.2) is 0 Å². The average Bonchev–Trinajstić information content (AvgIpc) is 3.13. The summed E-state index contributed by atoms with van der Waals surface area (Å²) >= 11 is 7.37. The highest BCUT2D eigenvalue weighted by molar-refractivity contribution is 9.12. The lowest BCUT2D eigenvalue weighted by Gasteiger charge is -2.28. The first-order valence-corrected chi connectivity index (χ1v) is 9.77. The Morgan fingerprint density at radius 2 is 1.54 bits per heavy atom. The molecule has 126 valence electrons. The molecule has 4 rings (SSSR count). The van der Waals surface area contributed by atoms with Gasteiger partial charge in [0.2, 0.25) is 17.7 Å². The van der Waals surface area contributed by atoms with Gasteiger partial charge in [0, 0.05) is 22.3 Å². The number of nitrogens with zero attached hydrogens (tertiary/aromatic N) is 1.